The van der Waals surface area contributed by atoms with Crippen molar-refractivity contribution in [2.75, 3.05) is 23.7 Å². The molecule has 0 aliphatic carbocycles. The van der Waals surface area contributed by atoms with Crippen molar-refractivity contribution >= 4 is 23.3 Å². The Morgan fingerprint density at radius 2 is 1.73 bits per heavy atom. The third-order valence-electron chi connectivity index (χ3n) is 7.24. The number of carbonyl (C=O) groups is 2. The highest BCUT2D eigenvalue weighted by atomic mass is 16.2. The Balaban J connectivity index is 1.19. The molecule has 9 nitrogen and oxygen atoms in total. The van der Waals surface area contributed by atoms with Gasteiger partial charge in [0.1, 0.15) is 5.82 Å². The highest BCUT2D eigenvalue weighted by Gasteiger charge is 2.25. The van der Waals surface area contributed by atoms with Crippen LogP contribution in [0, 0.1) is 6.92 Å². The number of pyridine rings is 2. The molecule has 0 bridgehead atoms. The quantitative estimate of drug-likeness (QED) is 0.332. The Labute approximate surface area is 234 Å². The fraction of sp³-hybridized carbons (Fsp3) is 0.323. The first kappa shape index (κ1) is 27.1. The molecule has 2 amide bonds. The Kier molecular flexibility index (Phi) is 7.91. The first-order valence-corrected chi connectivity index (χ1v) is 13.7. The smallest absolute Gasteiger partial charge is 0.257 e. The van der Waals surface area contributed by atoms with Gasteiger partial charge in [-0.3, -0.25) is 19.3 Å². The van der Waals surface area contributed by atoms with Crippen molar-refractivity contribution in [2.24, 2.45) is 7.05 Å². The first-order chi connectivity index (χ1) is 19.3. The average Bonchev–Trinajstić information content (AvgIpc) is 3.40. The molecule has 1 saturated heterocycles. The predicted molar refractivity (Wildman–Crippen MR) is 156 cm³/mol. The molecule has 2 N–H and O–H groups in total. The number of carbonyl (C=O) groups excluding carboxylic acids is 2. The summed E-state index contributed by atoms with van der Waals surface area (Å²) in [6, 6.07) is 13.4. The Bertz CT molecular complexity index is 1490. The Morgan fingerprint density at radius 1 is 0.950 bits per heavy atom. The van der Waals surface area contributed by atoms with Crippen molar-refractivity contribution in [1.82, 2.24) is 24.6 Å². The molecule has 1 fully saturated rings. The molecule has 1 aromatic carbocycles. The zero-order chi connectivity index (χ0) is 28.2. The highest BCUT2D eigenvalue weighted by molar-refractivity contribution is 6.05. The summed E-state index contributed by atoms with van der Waals surface area (Å²) in [6.45, 7) is 7.32. The van der Waals surface area contributed by atoms with E-state index in [1.54, 1.807) is 29.1 Å². The fourth-order valence-electron chi connectivity index (χ4n) is 4.96. The van der Waals surface area contributed by atoms with Crippen LogP contribution < -0.4 is 10.6 Å². The summed E-state index contributed by atoms with van der Waals surface area (Å²) in [7, 11) is 1.89. The molecule has 0 spiro atoms. The second-order valence-electron chi connectivity index (χ2n) is 10.7. The molecule has 40 heavy (non-hydrogen) atoms. The molecule has 0 unspecified atom stereocenters. The molecule has 0 saturated carbocycles. The van der Waals surface area contributed by atoms with Crippen molar-refractivity contribution in [2.45, 2.75) is 45.6 Å². The van der Waals surface area contributed by atoms with Gasteiger partial charge in [0.2, 0.25) is 0 Å². The van der Waals surface area contributed by atoms with Gasteiger partial charge in [0.05, 0.1) is 17.5 Å². The lowest BCUT2D eigenvalue weighted by Gasteiger charge is -2.32. The van der Waals surface area contributed by atoms with Gasteiger partial charge in [-0.15, -0.1) is 0 Å². The van der Waals surface area contributed by atoms with Gasteiger partial charge in [-0.1, -0.05) is 12.1 Å². The number of anilines is 2. The maximum atomic E-state index is 13.4. The van der Waals surface area contributed by atoms with Crippen LogP contribution in [0.25, 0.3) is 11.3 Å². The molecule has 5 rings (SSSR count). The van der Waals surface area contributed by atoms with Crippen LogP contribution in [0.1, 0.15) is 64.4 Å². The van der Waals surface area contributed by atoms with Crippen molar-refractivity contribution < 1.29 is 9.59 Å². The van der Waals surface area contributed by atoms with Crippen LogP contribution in [0.2, 0.25) is 0 Å². The Morgan fingerprint density at radius 3 is 2.35 bits per heavy atom. The molecule has 4 aromatic rings. The lowest BCUT2D eigenvalue weighted by molar-refractivity contribution is 0.0712. The van der Waals surface area contributed by atoms with Crippen molar-refractivity contribution in [3.63, 3.8) is 0 Å². The van der Waals surface area contributed by atoms with Crippen LogP contribution in [0.5, 0.6) is 0 Å². The predicted octanol–water partition coefficient (Wildman–Crippen LogP) is 5.28. The van der Waals surface area contributed by atoms with Crippen LogP contribution in [0.3, 0.4) is 0 Å². The van der Waals surface area contributed by atoms with Crippen LogP contribution in [0.15, 0.2) is 67.3 Å². The number of nitrogens with zero attached hydrogens (tertiary/aromatic N) is 5. The maximum Gasteiger partial charge on any atom is 0.257 e. The number of aryl methyl sites for hydroxylation is 2. The van der Waals surface area contributed by atoms with Crippen LogP contribution in [0.4, 0.5) is 11.5 Å². The number of piperidine rings is 1. The third-order valence-corrected chi connectivity index (χ3v) is 7.24. The molecule has 1 aliphatic rings. The molecule has 3 aromatic heterocycles. The molecule has 4 heterocycles. The molecule has 0 radical (unpaired) electrons. The van der Waals surface area contributed by atoms with E-state index in [2.05, 4.69) is 31.8 Å². The van der Waals surface area contributed by atoms with E-state index in [0.29, 0.717) is 35.8 Å². The van der Waals surface area contributed by atoms with Gasteiger partial charge in [-0.2, -0.15) is 5.10 Å². The number of aromatic nitrogens is 4. The molecule has 1 aliphatic heterocycles. The summed E-state index contributed by atoms with van der Waals surface area (Å²) >= 11 is 0. The third kappa shape index (κ3) is 6.20. The first-order valence-electron chi connectivity index (χ1n) is 13.7. The van der Waals surface area contributed by atoms with E-state index in [1.165, 1.54) is 5.56 Å². The van der Waals surface area contributed by atoms with E-state index in [9.17, 15) is 9.59 Å². The fourth-order valence-corrected chi connectivity index (χ4v) is 4.96. The maximum absolute atomic E-state index is 13.4. The SMILES string of the molecule is Cc1ccc(C(=O)N2CCC(c3ccc(-c4cnn(C)c4)nc3)CC2)cc1NC(=O)c1ccc(NC(C)C)nc1. The average molecular weight is 538 g/mol. The number of likely N-dealkylation sites (tertiary alicyclic amines) is 1. The van der Waals surface area contributed by atoms with Crippen molar-refractivity contribution in [3.8, 4) is 11.3 Å². The molecule has 9 heteroatoms. The zero-order valence-corrected chi connectivity index (χ0v) is 23.4. The minimum absolute atomic E-state index is 0.0234. The van der Waals surface area contributed by atoms with Gasteiger partial charge in [0.25, 0.3) is 11.8 Å². The van der Waals surface area contributed by atoms with Crippen LogP contribution in [-0.4, -0.2) is 55.6 Å². The second-order valence-corrected chi connectivity index (χ2v) is 10.7. The number of nitrogens with one attached hydrogen (secondary N) is 2. The monoisotopic (exact) mass is 537 g/mol. The van der Waals surface area contributed by atoms with E-state index < -0.39 is 0 Å². The molecule has 0 atom stereocenters. The van der Waals surface area contributed by atoms with Gasteiger partial charge in [0.15, 0.2) is 0 Å². The van der Waals surface area contributed by atoms with E-state index in [1.807, 2.05) is 69.5 Å². The normalized spacial score (nSPS) is 13.9. The molecule has 206 valence electrons. The van der Waals surface area contributed by atoms with E-state index in [-0.39, 0.29) is 17.9 Å². The van der Waals surface area contributed by atoms with Crippen molar-refractivity contribution in [3.05, 3.63) is 89.5 Å². The number of hydrogen-bond acceptors (Lipinski definition) is 6. The minimum Gasteiger partial charge on any atom is -0.368 e. The summed E-state index contributed by atoms with van der Waals surface area (Å²) in [5.74, 6) is 0.797. The van der Waals surface area contributed by atoms with Gasteiger partial charge >= 0.3 is 0 Å². The Hall–Kier alpha value is -4.53. The lowest BCUT2D eigenvalue weighted by Crippen LogP contribution is -2.38. The van der Waals surface area contributed by atoms with Gasteiger partial charge in [0, 0.05) is 61.6 Å². The van der Waals surface area contributed by atoms with Crippen LogP contribution >= 0.6 is 0 Å². The number of amides is 2. The number of benzene rings is 1. The molecular weight excluding hydrogens is 502 g/mol. The largest absolute Gasteiger partial charge is 0.368 e. The summed E-state index contributed by atoms with van der Waals surface area (Å²) in [5.41, 5.74) is 5.63. The summed E-state index contributed by atoms with van der Waals surface area (Å²) in [4.78, 5) is 37.1. The van der Waals surface area contributed by atoms with E-state index in [0.717, 1.165) is 35.5 Å². The summed E-state index contributed by atoms with van der Waals surface area (Å²) < 4.78 is 1.77. The minimum atomic E-state index is -0.264. The lowest BCUT2D eigenvalue weighted by atomic mass is 9.90. The molecular formula is C31H35N7O2. The van der Waals surface area contributed by atoms with E-state index >= 15 is 0 Å². The number of rotatable bonds is 7. The van der Waals surface area contributed by atoms with Crippen molar-refractivity contribution in [1.29, 1.82) is 0 Å². The van der Waals surface area contributed by atoms with Gasteiger partial charge in [-0.25, -0.2) is 4.98 Å². The zero-order valence-electron chi connectivity index (χ0n) is 23.4. The number of hydrogen-bond donors (Lipinski definition) is 2. The standard InChI is InChI=1S/C31H35N7O2/c1-20(2)35-29-10-8-25(17-33-29)30(39)36-28-15-23(6-5-21(28)3)31(40)38-13-11-22(12-14-38)24-7-9-27(32-16-24)26-18-34-37(4)19-26/h5-10,15-20,22H,11-14H2,1-4H3,(H,33,35)(H,36,39). The van der Waals surface area contributed by atoms with Gasteiger partial charge in [-0.05, 0) is 81.0 Å². The topological polar surface area (TPSA) is 105 Å². The highest BCUT2D eigenvalue weighted by Crippen LogP contribution is 2.30. The second kappa shape index (κ2) is 11.7. The van der Waals surface area contributed by atoms with E-state index in [4.69, 9.17) is 0 Å². The summed E-state index contributed by atoms with van der Waals surface area (Å²) in [5, 5.41) is 10.4. The summed E-state index contributed by atoms with van der Waals surface area (Å²) in [6.07, 6.45) is 9.02. The van der Waals surface area contributed by atoms with Crippen LogP contribution in [-0.2, 0) is 7.05 Å². The van der Waals surface area contributed by atoms with Gasteiger partial charge < -0.3 is 15.5 Å².